The molecule has 1 N–H and O–H groups in total. The summed E-state index contributed by atoms with van der Waals surface area (Å²) in [5.74, 6) is 1.66. The average molecular weight is 845 g/mol. The van der Waals surface area contributed by atoms with Crippen LogP contribution < -0.4 is 19.7 Å². The number of aryl methyl sites for hydroxylation is 1. The molecule has 10 nitrogen and oxygen atoms in total. The van der Waals surface area contributed by atoms with Crippen LogP contribution in [0.25, 0.3) is 0 Å². The Hall–Kier alpha value is -5.97. The number of fused-ring (bicyclic) bond motifs is 2. The van der Waals surface area contributed by atoms with Crippen molar-refractivity contribution in [2.75, 3.05) is 50.8 Å². The molecule has 3 saturated heterocycles. The zero-order valence-corrected chi connectivity index (χ0v) is 35.9. The number of anilines is 1. The topological polar surface area (TPSA) is 101 Å². The number of carbonyl (C=O) groups excluding carboxylic acids is 3. The number of morpholine rings is 1. The molecule has 3 fully saturated rings. The van der Waals surface area contributed by atoms with E-state index in [4.69, 9.17) is 14.2 Å². The van der Waals surface area contributed by atoms with Gasteiger partial charge in [0.05, 0.1) is 18.8 Å². The molecule has 1 spiro atoms. The van der Waals surface area contributed by atoms with Crippen molar-refractivity contribution in [2.24, 2.45) is 0 Å². The van der Waals surface area contributed by atoms with Gasteiger partial charge in [0.1, 0.15) is 24.1 Å². The van der Waals surface area contributed by atoms with E-state index in [0.717, 1.165) is 94.2 Å². The van der Waals surface area contributed by atoms with Crippen molar-refractivity contribution in [3.63, 3.8) is 0 Å². The fourth-order valence-corrected chi connectivity index (χ4v) is 10.7. The molecule has 0 radical (unpaired) electrons. The summed E-state index contributed by atoms with van der Waals surface area (Å²) in [6.45, 7) is 6.89. The molecule has 0 aromatic heterocycles. The summed E-state index contributed by atoms with van der Waals surface area (Å²) in [6, 6.07) is 42.2. The summed E-state index contributed by atoms with van der Waals surface area (Å²) < 4.78 is 19.1. The Balaban J connectivity index is 0.719. The number of nitrogens with zero attached hydrogens (tertiary/aromatic N) is 3. The first-order valence-corrected chi connectivity index (χ1v) is 22.8. The molecule has 0 bridgehead atoms. The van der Waals surface area contributed by atoms with E-state index in [2.05, 4.69) is 118 Å². The molecular formula is C53H56N4O6. The van der Waals surface area contributed by atoms with Gasteiger partial charge in [0.2, 0.25) is 11.8 Å². The monoisotopic (exact) mass is 844 g/mol. The summed E-state index contributed by atoms with van der Waals surface area (Å²) in [7, 11) is 0. The Kier molecular flexibility index (Phi) is 11.7. The number of imide groups is 1. The van der Waals surface area contributed by atoms with Crippen LogP contribution in [-0.4, -0.2) is 85.1 Å². The highest BCUT2D eigenvalue weighted by atomic mass is 16.5. The van der Waals surface area contributed by atoms with Gasteiger partial charge in [0.25, 0.3) is 5.91 Å². The minimum atomic E-state index is -0.605. The molecule has 0 saturated carbocycles. The van der Waals surface area contributed by atoms with Gasteiger partial charge >= 0.3 is 0 Å². The first kappa shape index (κ1) is 41.1. The molecule has 1 aliphatic carbocycles. The van der Waals surface area contributed by atoms with Crippen LogP contribution in [-0.2, 0) is 33.9 Å². The molecule has 324 valence electrons. The lowest BCUT2D eigenvalue weighted by Gasteiger charge is -2.48. The molecule has 5 aromatic carbocycles. The molecule has 10 rings (SSSR count). The molecule has 3 atom stereocenters. The maximum Gasteiger partial charge on any atom is 0.255 e. The van der Waals surface area contributed by atoms with E-state index in [-0.39, 0.29) is 35.7 Å². The highest BCUT2D eigenvalue weighted by Gasteiger charge is 2.42. The van der Waals surface area contributed by atoms with Crippen LogP contribution in [0.2, 0.25) is 0 Å². The zero-order chi connectivity index (χ0) is 42.8. The standard InChI is InChI=1S/C53H56N4O6/c58-49-23-22-48(51(59)54-49)57-34-41-32-42(15-20-47(41)52(57)60)56-27-24-53(25-28-56)36-55(29-31-63-53)26-7-30-61-43-16-12-39(13-17-43)50-45(38-10-5-2-6-11-38)19-14-40-33-44(18-21-46(40)50)62-35-37-8-3-1-4-9-37/h1-6,8-13,15-18,20-21,32-33,45,48,50H,7,14,19,22-31,34-36H2,(H,54,58,59)/t45-,48?,50+/m1/s1. The van der Waals surface area contributed by atoms with E-state index >= 15 is 0 Å². The van der Waals surface area contributed by atoms with E-state index in [0.29, 0.717) is 37.7 Å². The summed E-state index contributed by atoms with van der Waals surface area (Å²) in [5.41, 5.74) is 9.12. The number of rotatable bonds is 12. The molecule has 4 heterocycles. The van der Waals surface area contributed by atoms with E-state index < -0.39 is 6.04 Å². The van der Waals surface area contributed by atoms with E-state index in [9.17, 15) is 14.4 Å². The van der Waals surface area contributed by atoms with Gasteiger partial charge in [-0.2, -0.15) is 0 Å². The van der Waals surface area contributed by atoms with Gasteiger partial charge in [-0.15, -0.1) is 0 Å². The third-order valence-electron chi connectivity index (χ3n) is 14.1. The third-order valence-corrected chi connectivity index (χ3v) is 14.1. The number of benzene rings is 5. The maximum absolute atomic E-state index is 13.2. The second kappa shape index (κ2) is 18.0. The summed E-state index contributed by atoms with van der Waals surface area (Å²) >= 11 is 0. The molecule has 63 heavy (non-hydrogen) atoms. The predicted octanol–water partition coefficient (Wildman–Crippen LogP) is 8.03. The normalized spacial score (nSPS) is 22.1. The van der Waals surface area contributed by atoms with Gasteiger partial charge in [0.15, 0.2) is 0 Å². The Morgan fingerprint density at radius 2 is 1.51 bits per heavy atom. The van der Waals surface area contributed by atoms with Crippen molar-refractivity contribution in [1.82, 2.24) is 15.1 Å². The van der Waals surface area contributed by atoms with Crippen molar-refractivity contribution in [1.29, 1.82) is 0 Å². The minimum Gasteiger partial charge on any atom is -0.494 e. The molecule has 1 unspecified atom stereocenters. The zero-order valence-electron chi connectivity index (χ0n) is 35.9. The van der Waals surface area contributed by atoms with Crippen molar-refractivity contribution in [3.8, 4) is 11.5 Å². The lowest BCUT2D eigenvalue weighted by atomic mass is 9.69. The number of piperidine rings is 2. The molecule has 4 aliphatic heterocycles. The van der Waals surface area contributed by atoms with Crippen molar-refractivity contribution in [3.05, 3.63) is 160 Å². The lowest BCUT2D eigenvalue weighted by Crippen LogP contribution is -2.57. The van der Waals surface area contributed by atoms with Gasteiger partial charge < -0.3 is 24.0 Å². The first-order valence-electron chi connectivity index (χ1n) is 22.8. The second-order valence-corrected chi connectivity index (χ2v) is 18.0. The van der Waals surface area contributed by atoms with Crippen molar-refractivity contribution < 1.29 is 28.6 Å². The summed E-state index contributed by atoms with van der Waals surface area (Å²) in [6.07, 6.45) is 5.53. The number of nitrogens with one attached hydrogen (secondary N) is 1. The SMILES string of the molecule is O=C1CCC(N2Cc3cc(N4CCC5(CC4)CN(CCCOc4ccc([C@@H]6c7ccc(OCc8ccccc8)cc7CC[C@@H]6c6ccccc6)cc4)CCO5)ccc3C2=O)C(=O)N1. The van der Waals surface area contributed by atoms with E-state index in [1.165, 1.54) is 27.8 Å². The average Bonchev–Trinajstić information content (AvgIpc) is 3.65. The number of hydrogen-bond acceptors (Lipinski definition) is 8. The molecule has 5 aliphatic rings. The summed E-state index contributed by atoms with van der Waals surface area (Å²) in [5, 5.41) is 2.39. The highest BCUT2D eigenvalue weighted by Crippen LogP contribution is 2.47. The lowest BCUT2D eigenvalue weighted by molar-refractivity contribution is -0.136. The highest BCUT2D eigenvalue weighted by molar-refractivity contribution is 6.05. The first-order chi connectivity index (χ1) is 30.9. The largest absolute Gasteiger partial charge is 0.494 e. The van der Waals surface area contributed by atoms with Crippen molar-refractivity contribution >= 4 is 23.4 Å². The van der Waals surface area contributed by atoms with Gasteiger partial charge in [-0.3, -0.25) is 24.6 Å². The number of hydrogen-bond donors (Lipinski definition) is 1. The predicted molar refractivity (Wildman–Crippen MR) is 242 cm³/mol. The minimum absolute atomic E-state index is 0.137. The van der Waals surface area contributed by atoms with Gasteiger partial charge in [-0.1, -0.05) is 78.9 Å². The molecule has 5 aromatic rings. The van der Waals surface area contributed by atoms with E-state index in [1.54, 1.807) is 4.90 Å². The smallest absolute Gasteiger partial charge is 0.255 e. The van der Waals surface area contributed by atoms with Crippen LogP contribution in [0.15, 0.2) is 121 Å². The number of carbonyl (C=O) groups is 3. The Morgan fingerprint density at radius 1 is 0.730 bits per heavy atom. The van der Waals surface area contributed by atoms with Gasteiger partial charge in [-0.05, 0) is 120 Å². The van der Waals surface area contributed by atoms with Crippen LogP contribution >= 0.6 is 0 Å². The Labute approximate surface area is 370 Å². The quantitative estimate of drug-likeness (QED) is 0.0997. The maximum atomic E-state index is 13.2. The third kappa shape index (κ3) is 8.84. The molecule has 3 amide bonds. The molecule has 10 heteroatoms. The van der Waals surface area contributed by atoms with Crippen LogP contribution in [0, 0.1) is 0 Å². The fraction of sp³-hybridized carbons (Fsp3) is 0.377. The molecular weight excluding hydrogens is 789 g/mol. The number of ether oxygens (including phenoxy) is 3. The van der Waals surface area contributed by atoms with Gasteiger partial charge in [0, 0.05) is 62.9 Å². The van der Waals surface area contributed by atoms with E-state index in [1.807, 2.05) is 18.2 Å². The van der Waals surface area contributed by atoms with Crippen LogP contribution in [0.5, 0.6) is 11.5 Å². The fourth-order valence-electron chi connectivity index (χ4n) is 10.7. The van der Waals surface area contributed by atoms with Crippen molar-refractivity contribution in [2.45, 2.75) is 81.6 Å². The number of amides is 3. The van der Waals surface area contributed by atoms with Crippen LogP contribution in [0.4, 0.5) is 5.69 Å². The Morgan fingerprint density at radius 3 is 2.30 bits per heavy atom. The van der Waals surface area contributed by atoms with Crippen LogP contribution in [0.3, 0.4) is 0 Å². The van der Waals surface area contributed by atoms with Crippen LogP contribution in [0.1, 0.15) is 94.1 Å². The summed E-state index contributed by atoms with van der Waals surface area (Å²) in [4.78, 5) is 44.0. The van der Waals surface area contributed by atoms with Gasteiger partial charge in [-0.25, -0.2) is 0 Å². The Bertz CT molecular complexity index is 2430. The second-order valence-electron chi connectivity index (χ2n) is 18.0.